The van der Waals surface area contributed by atoms with Crippen LogP contribution in [0, 0.1) is 10.1 Å². The lowest BCUT2D eigenvalue weighted by molar-refractivity contribution is -0.384. The Morgan fingerprint density at radius 2 is 1.94 bits per heavy atom. The van der Waals surface area contributed by atoms with Crippen molar-refractivity contribution in [1.82, 2.24) is 0 Å². The van der Waals surface area contributed by atoms with E-state index < -0.39 is 10.8 Å². The molecule has 1 fully saturated rings. The van der Waals surface area contributed by atoms with Crippen LogP contribution in [0.1, 0.15) is 12.8 Å². The summed E-state index contributed by atoms with van der Waals surface area (Å²) in [5, 5.41) is 10.6. The molecular weight excluding hydrogens is 230 g/mol. The van der Waals surface area contributed by atoms with Gasteiger partial charge in [-0.05, 0) is 6.07 Å². The molecule has 1 aromatic rings. The largest absolute Gasteiger partial charge is 0.371 e. The van der Waals surface area contributed by atoms with Crippen LogP contribution in [0.15, 0.2) is 24.3 Å². The molecule has 0 aliphatic carbocycles. The van der Waals surface area contributed by atoms with Gasteiger partial charge >= 0.3 is 0 Å². The lowest BCUT2D eigenvalue weighted by Crippen LogP contribution is -2.39. The van der Waals surface area contributed by atoms with E-state index in [2.05, 4.69) is 0 Å². The van der Waals surface area contributed by atoms with Crippen LogP contribution in [0.2, 0.25) is 0 Å². The zero-order chi connectivity index (χ0) is 12.5. The van der Waals surface area contributed by atoms with Crippen LogP contribution in [0.4, 0.5) is 20.2 Å². The highest BCUT2D eigenvalue weighted by molar-refractivity contribution is 5.53. The minimum atomic E-state index is -2.60. The number of hydrogen-bond acceptors (Lipinski definition) is 3. The van der Waals surface area contributed by atoms with Crippen molar-refractivity contribution in [2.24, 2.45) is 0 Å². The Morgan fingerprint density at radius 3 is 2.53 bits per heavy atom. The van der Waals surface area contributed by atoms with Gasteiger partial charge in [-0.2, -0.15) is 0 Å². The number of piperidine rings is 1. The Morgan fingerprint density at radius 1 is 1.29 bits per heavy atom. The number of anilines is 1. The molecule has 6 heteroatoms. The molecule has 2 rings (SSSR count). The number of nitro groups is 1. The van der Waals surface area contributed by atoms with Crippen molar-refractivity contribution < 1.29 is 13.7 Å². The number of rotatable bonds is 2. The molecule has 1 aliphatic heterocycles. The number of hydrogen-bond donors (Lipinski definition) is 0. The molecule has 0 N–H and O–H groups in total. The fraction of sp³-hybridized carbons (Fsp3) is 0.455. The first-order valence-corrected chi connectivity index (χ1v) is 5.35. The summed E-state index contributed by atoms with van der Waals surface area (Å²) < 4.78 is 25.9. The number of nitro benzene ring substituents is 1. The second-order valence-corrected chi connectivity index (χ2v) is 4.12. The third-order valence-electron chi connectivity index (χ3n) is 2.90. The van der Waals surface area contributed by atoms with Gasteiger partial charge in [-0.3, -0.25) is 10.1 Å². The first-order chi connectivity index (χ1) is 7.98. The van der Waals surface area contributed by atoms with E-state index in [1.54, 1.807) is 17.0 Å². The quantitative estimate of drug-likeness (QED) is 0.591. The second-order valence-electron chi connectivity index (χ2n) is 4.12. The van der Waals surface area contributed by atoms with Crippen LogP contribution in [0.25, 0.3) is 0 Å². The predicted octanol–water partition coefficient (Wildman–Crippen LogP) is 2.83. The number of non-ortho nitro benzene ring substituents is 1. The third-order valence-corrected chi connectivity index (χ3v) is 2.90. The Labute approximate surface area is 97.0 Å². The number of benzene rings is 1. The second kappa shape index (κ2) is 4.27. The average molecular weight is 242 g/mol. The molecule has 0 aromatic heterocycles. The van der Waals surface area contributed by atoms with Crippen LogP contribution >= 0.6 is 0 Å². The van der Waals surface area contributed by atoms with Crippen molar-refractivity contribution >= 4 is 11.4 Å². The minimum Gasteiger partial charge on any atom is -0.371 e. The predicted molar refractivity (Wildman–Crippen MR) is 59.5 cm³/mol. The zero-order valence-electron chi connectivity index (χ0n) is 9.10. The summed E-state index contributed by atoms with van der Waals surface area (Å²) in [6.45, 7) is 0.461. The van der Waals surface area contributed by atoms with Gasteiger partial charge in [0.25, 0.3) is 11.6 Å². The van der Waals surface area contributed by atoms with Crippen LogP contribution < -0.4 is 4.90 Å². The molecule has 1 aromatic carbocycles. The molecular formula is C11H12F2N2O2. The van der Waals surface area contributed by atoms with Gasteiger partial charge in [-0.25, -0.2) is 8.78 Å². The van der Waals surface area contributed by atoms with Gasteiger partial charge in [0.05, 0.1) is 4.92 Å². The topological polar surface area (TPSA) is 46.4 Å². The number of halogens is 2. The highest BCUT2D eigenvalue weighted by Gasteiger charge is 2.34. The molecule has 0 saturated carbocycles. The Bertz CT molecular complexity index is 427. The van der Waals surface area contributed by atoms with E-state index in [-0.39, 0.29) is 31.6 Å². The SMILES string of the molecule is O=[N+]([O-])c1cccc(N2CCC(F)(F)CC2)c1. The van der Waals surface area contributed by atoms with Gasteiger partial charge in [0, 0.05) is 43.8 Å². The van der Waals surface area contributed by atoms with E-state index >= 15 is 0 Å². The van der Waals surface area contributed by atoms with E-state index in [9.17, 15) is 18.9 Å². The fourth-order valence-electron chi connectivity index (χ4n) is 1.90. The van der Waals surface area contributed by atoms with Crippen molar-refractivity contribution in [1.29, 1.82) is 0 Å². The Balaban J connectivity index is 2.13. The van der Waals surface area contributed by atoms with E-state index in [4.69, 9.17) is 0 Å². The summed E-state index contributed by atoms with van der Waals surface area (Å²) in [6.07, 6.45) is -0.397. The van der Waals surface area contributed by atoms with E-state index in [1.165, 1.54) is 12.1 Å². The van der Waals surface area contributed by atoms with E-state index in [0.717, 1.165) is 0 Å². The monoisotopic (exact) mass is 242 g/mol. The average Bonchev–Trinajstić information content (AvgIpc) is 2.29. The summed E-state index contributed by atoms with van der Waals surface area (Å²) in [4.78, 5) is 11.9. The molecule has 0 bridgehead atoms. The van der Waals surface area contributed by atoms with Gasteiger partial charge in [-0.15, -0.1) is 0 Å². The van der Waals surface area contributed by atoms with Crippen molar-refractivity contribution in [3.05, 3.63) is 34.4 Å². The summed E-state index contributed by atoms with van der Waals surface area (Å²) in [5.41, 5.74) is 0.620. The summed E-state index contributed by atoms with van der Waals surface area (Å²) in [6, 6.07) is 6.09. The maximum absolute atomic E-state index is 13.0. The fourth-order valence-corrected chi connectivity index (χ4v) is 1.90. The number of alkyl halides is 2. The first-order valence-electron chi connectivity index (χ1n) is 5.35. The van der Waals surface area contributed by atoms with Crippen molar-refractivity contribution in [2.75, 3.05) is 18.0 Å². The molecule has 1 saturated heterocycles. The lowest BCUT2D eigenvalue weighted by Gasteiger charge is -2.33. The van der Waals surface area contributed by atoms with Gasteiger partial charge < -0.3 is 4.90 Å². The Hall–Kier alpha value is -1.72. The molecule has 1 aliphatic rings. The summed E-state index contributed by atoms with van der Waals surface area (Å²) >= 11 is 0. The van der Waals surface area contributed by atoms with E-state index in [0.29, 0.717) is 5.69 Å². The standard InChI is InChI=1S/C11H12F2N2O2/c12-11(13)4-6-14(7-5-11)9-2-1-3-10(8-9)15(16)17/h1-3,8H,4-7H2. The van der Waals surface area contributed by atoms with Gasteiger partial charge in [-0.1, -0.05) is 6.07 Å². The van der Waals surface area contributed by atoms with Gasteiger partial charge in [0.15, 0.2) is 0 Å². The maximum atomic E-state index is 13.0. The number of nitrogens with zero attached hydrogens (tertiary/aromatic N) is 2. The van der Waals surface area contributed by atoms with Crippen LogP contribution in [-0.4, -0.2) is 23.9 Å². The molecule has 0 atom stereocenters. The van der Waals surface area contributed by atoms with Gasteiger partial charge in [0.2, 0.25) is 0 Å². The van der Waals surface area contributed by atoms with Crippen LogP contribution in [0.5, 0.6) is 0 Å². The van der Waals surface area contributed by atoms with E-state index in [1.807, 2.05) is 0 Å². The first kappa shape index (κ1) is 11.8. The molecule has 92 valence electrons. The van der Waals surface area contributed by atoms with Crippen molar-refractivity contribution in [3.63, 3.8) is 0 Å². The third kappa shape index (κ3) is 2.69. The van der Waals surface area contributed by atoms with Crippen molar-refractivity contribution in [3.8, 4) is 0 Å². The maximum Gasteiger partial charge on any atom is 0.271 e. The smallest absolute Gasteiger partial charge is 0.271 e. The normalized spacial score (nSPS) is 19.1. The molecule has 1 heterocycles. The van der Waals surface area contributed by atoms with Crippen LogP contribution in [-0.2, 0) is 0 Å². The summed E-state index contributed by atoms with van der Waals surface area (Å²) in [5.74, 6) is -2.60. The highest BCUT2D eigenvalue weighted by atomic mass is 19.3. The molecule has 0 spiro atoms. The van der Waals surface area contributed by atoms with Crippen molar-refractivity contribution in [2.45, 2.75) is 18.8 Å². The molecule has 0 amide bonds. The minimum absolute atomic E-state index is 0.0140. The molecule has 4 nitrogen and oxygen atoms in total. The zero-order valence-corrected chi connectivity index (χ0v) is 9.10. The molecule has 0 radical (unpaired) electrons. The molecule has 0 unspecified atom stereocenters. The Kier molecular flexibility index (Phi) is 2.95. The van der Waals surface area contributed by atoms with Gasteiger partial charge in [0.1, 0.15) is 0 Å². The lowest BCUT2D eigenvalue weighted by atomic mass is 10.1. The van der Waals surface area contributed by atoms with Crippen LogP contribution in [0.3, 0.4) is 0 Å². The highest BCUT2D eigenvalue weighted by Crippen LogP contribution is 2.31. The summed E-state index contributed by atoms with van der Waals surface area (Å²) in [7, 11) is 0. The molecule has 17 heavy (non-hydrogen) atoms.